The third-order valence-electron chi connectivity index (χ3n) is 4.88. The molecule has 130 valence electrons. The van der Waals surface area contributed by atoms with Gasteiger partial charge in [0.05, 0.1) is 16.8 Å². The number of halogens is 1. The van der Waals surface area contributed by atoms with E-state index in [0.717, 1.165) is 18.7 Å². The number of benzene rings is 1. The Labute approximate surface area is 152 Å². The average Bonchev–Trinajstić information content (AvgIpc) is 2.73. The zero-order valence-electron chi connectivity index (χ0n) is 14.1. The normalized spacial score (nSPS) is 17.4. The number of fused-ring (bicyclic) bond motifs is 2. The molecule has 6 heteroatoms. The van der Waals surface area contributed by atoms with Crippen LogP contribution in [-0.2, 0) is 0 Å². The first-order valence-electron chi connectivity index (χ1n) is 8.64. The molecule has 1 N–H and O–H groups in total. The number of carbonyl (C=O) groups excluding carboxylic acids is 1. The molecule has 0 atom stereocenters. The van der Waals surface area contributed by atoms with Crippen molar-refractivity contribution < 1.29 is 9.53 Å². The summed E-state index contributed by atoms with van der Waals surface area (Å²) >= 11 is 6.26. The zero-order chi connectivity index (χ0) is 17.4. The molecule has 0 saturated heterocycles. The number of ether oxygens (including phenoxy) is 1. The maximum absolute atomic E-state index is 12.7. The Morgan fingerprint density at radius 3 is 2.88 bits per heavy atom. The maximum Gasteiger partial charge on any atom is 0.262 e. The second-order valence-electron chi connectivity index (χ2n) is 6.60. The van der Waals surface area contributed by atoms with Crippen LogP contribution in [0.3, 0.4) is 0 Å². The Bertz CT molecular complexity index is 818. The van der Waals surface area contributed by atoms with Crippen LogP contribution < -0.4 is 15.0 Å². The van der Waals surface area contributed by atoms with Crippen LogP contribution in [0.2, 0.25) is 5.02 Å². The van der Waals surface area contributed by atoms with Crippen molar-refractivity contribution in [2.45, 2.75) is 38.1 Å². The third-order valence-corrected chi connectivity index (χ3v) is 5.18. The van der Waals surface area contributed by atoms with Crippen molar-refractivity contribution in [3.63, 3.8) is 0 Å². The van der Waals surface area contributed by atoms with Gasteiger partial charge in [0.15, 0.2) is 11.5 Å². The van der Waals surface area contributed by atoms with Crippen molar-refractivity contribution in [1.82, 2.24) is 4.98 Å². The molecule has 2 aromatic rings. The molecule has 2 heterocycles. The van der Waals surface area contributed by atoms with Gasteiger partial charge < -0.3 is 15.0 Å². The predicted molar refractivity (Wildman–Crippen MR) is 99.0 cm³/mol. The van der Waals surface area contributed by atoms with Crippen LogP contribution >= 0.6 is 11.6 Å². The number of para-hydroxylation sites is 1. The van der Waals surface area contributed by atoms with Crippen molar-refractivity contribution >= 4 is 29.0 Å². The van der Waals surface area contributed by atoms with Gasteiger partial charge in [-0.3, -0.25) is 4.79 Å². The van der Waals surface area contributed by atoms with Crippen molar-refractivity contribution in [2.75, 3.05) is 17.3 Å². The lowest BCUT2D eigenvalue weighted by Gasteiger charge is -2.24. The molecule has 4 rings (SSSR count). The number of anilines is 2. The second kappa shape index (κ2) is 6.56. The van der Waals surface area contributed by atoms with Crippen LogP contribution in [0.25, 0.3) is 0 Å². The van der Waals surface area contributed by atoms with Gasteiger partial charge in [0.2, 0.25) is 0 Å². The van der Waals surface area contributed by atoms with Gasteiger partial charge in [-0.2, -0.15) is 0 Å². The van der Waals surface area contributed by atoms with E-state index in [4.69, 9.17) is 16.3 Å². The summed E-state index contributed by atoms with van der Waals surface area (Å²) in [5, 5.41) is 3.91. The Hall–Kier alpha value is -2.27. The van der Waals surface area contributed by atoms with E-state index >= 15 is 0 Å². The van der Waals surface area contributed by atoms with Gasteiger partial charge in [-0.15, -0.1) is 0 Å². The minimum absolute atomic E-state index is 0.161. The Balaban J connectivity index is 1.70. The number of carbonyl (C=O) groups is 1. The van der Waals surface area contributed by atoms with Gasteiger partial charge >= 0.3 is 0 Å². The fourth-order valence-electron chi connectivity index (χ4n) is 3.48. The Morgan fingerprint density at radius 1 is 1.28 bits per heavy atom. The van der Waals surface area contributed by atoms with Crippen LogP contribution in [0, 0.1) is 0 Å². The predicted octanol–water partition coefficient (Wildman–Crippen LogP) is 4.86. The molecule has 1 fully saturated rings. The molecule has 0 unspecified atom stereocenters. The number of pyridine rings is 1. The minimum Gasteiger partial charge on any atom is -0.453 e. The lowest BCUT2D eigenvalue weighted by Crippen LogP contribution is -2.26. The molecule has 1 saturated carbocycles. The van der Waals surface area contributed by atoms with Crippen LogP contribution in [0.5, 0.6) is 11.5 Å². The molecule has 25 heavy (non-hydrogen) atoms. The number of aromatic nitrogens is 1. The van der Waals surface area contributed by atoms with Gasteiger partial charge in [-0.25, -0.2) is 4.98 Å². The van der Waals surface area contributed by atoms with Crippen molar-refractivity contribution in [3.8, 4) is 11.5 Å². The molecular formula is C19H20ClN3O2. The van der Waals surface area contributed by atoms with Crippen molar-refractivity contribution in [2.24, 2.45) is 0 Å². The highest BCUT2D eigenvalue weighted by molar-refractivity contribution is 6.33. The first-order valence-corrected chi connectivity index (χ1v) is 9.02. The number of amides is 1. The highest BCUT2D eigenvalue weighted by Gasteiger charge is 2.28. The van der Waals surface area contributed by atoms with E-state index in [1.807, 2.05) is 6.07 Å². The summed E-state index contributed by atoms with van der Waals surface area (Å²) in [4.78, 5) is 18.7. The second-order valence-corrected chi connectivity index (χ2v) is 7.01. The maximum atomic E-state index is 12.7. The summed E-state index contributed by atoms with van der Waals surface area (Å²) in [6.07, 6.45) is 7.80. The number of nitrogens with one attached hydrogen (secondary N) is 1. The largest absolute Gasteiger partial charge is 0.453 e. The van der Waals surface area contributed by atoms with E-state index in [1.54, 1.807) is 36.3 Å². The number of hydrogen-bond acceptors (Lipinski definition) is 4. The molecule has 0 bridgehead atoms. The topological polar surface area (TPSA) is 54.5 Å². The number of nitrogens with zero attached hydrogens (tertiary/aromatic N) is 2. The highest BCUT2D eigenvalue weighted by atomic mass is 35.5. The van der Waals surface area contributed by atoms with Crippen LogP contribution in [0.4, 0.5) is 11.5 Å². The molecule has 0 spiro atoms. The van der Waals surface area contributed by atoms with Gasteiger partial charge in [0, 0.05) is 19.2 Å². The monoisotopic (exact) mass is 357 g/mol. The van der Waals surface area contributed by atoms with E-state index in [-0.39, 0.29) is 5.91 Å². The van der Waals surface area contributed by atoms with E-state index in [1.165, 1.54) is 19.3 Å². The van der Waals surface area contributed by atoms with Crippen LogP contribution in [-0.4, -0.2) is 24.0 Å². The fourth-order valence-corrected chi connectivity index (χ4v) is 3.69. The average molecular weight is 358 g/mol. The molecule has 1 aromatic heterocycles. The number of rotatable bonds is 2. The molecular weight excluding hydrogens is 338 g/mol. The molecule has 2 aliphatic rings. The minimum atomic E-state index is -0.161. The van der Waals surface area contributed by atoms with Gasteiger partial charge in [0.1, 0.15) is 11.5 Å². The zero-order valence-corrected chi connectivity index (χ0v) is 14.8. The molecule has 1 aliphatic carbocycles. The standard InChI is InChI=1S/C19H20ClN3O2/c1-23-15-11-21-17(22-12-6-3-2-4-7-12)10-16(15)25-18-13(19(23)24)8-5-9-14(18)20/h5,8-12H,2-4,6-7H2,1H3,(H,21,22). The highest BCUT2D eigenvalue weighted by Crippen LogP contribution is 2.42. The van der Waals surface area contributed by atoms with E-state index in [0.29, 0.717) is 33.8 Å². The van der Waals surface area contributed by atoms with E-state index in [9.17, 15) is 4.79 Å². The summed E-state index contributed by atoms with van der Waals surface area (Å²) in [5.41, 5.74) is 1.08. The van der Waals surface area contributed by atoms with Crippen LogP contribution in [0.15, 0.2) is 30.5 Å². The SMILES string of the molecule is CN1C(=O)c2cccc(Cl)c2Oc2cc(NC3CCCCC3)ncc21. The molecule has 1 aliphatic heterocycles. The summed E-state index contributed by atoms with van der Waals surface area (Å²) in [6, 6.07) is 7.49. The fraction of sp³-hybridized carbons (Fsp3) is 0.368. The number of hydrogen-bond donors (Lipinski definition) is 1. The molecule has 1 amide bonds. The van der Waals surface area contributed by atoms with Crippen LogP contribution in [0.1, 0.15) is 42.5 Å². The van der Waals surface area contributed by atoms with Gasteiger partial charge in [0.25, 0.3) is 5.91 Å². The van der Waals surface area contributed by atoms with Gasteiger partial charge in [-0.1, -0.05) is 36.9 Å². The van der Waals surface area contributed by atoms with Crippen molar-refractivity contribution in [1.29, 1.82) is 0 Å². The van der Waals surface area contributed by atoms with E-state index in [2.05, 4.69) is 10.3 Å². The summed E-state index contributed by atoms with van der Waals surface area (Å²) in [6.45, 7) is 0. The molecule has 1 aromatic carbocycles. The van der Waals surface area contributed by atoms with Gasteiger partial charge in [-0.05, 0) is 25.0 Å². The third kappa shape index (κ3) is 3.04. The molecule has 0 radical (unpaired) electrons. The van der Waals surface area contributed by atoms with E-state index < -0.39 is 0 Å². The smallest absolute Gasteiger partial charge is 0.262 e. The lowest BCUT2D eigenvalue weighted by atomic mass is 9.95. The molecule has 5 nitrogen and oxygen atoms in total. The Kier molecular flexibility index (Phi) is 4.25. The summed E-state index contributed by atoms with van der Waals surface area (Å²) < 4.78 is 6.03. The lowest BCUT2D eigenvalue weighted by molar-refractivity contribution is 0.0993. The first kappa shape index (κ1) is 16.2. The summed E-state index contributed by atoms with van der Waals surface area (Å²) in [7, 11) is 1.72. The Morgan fingerprint density at radius 2 is 2.08 bits per heavy atom. The van der Waals surface area contributed by atoms with Crippen molar-refractivity contribution in [3.05, 3.63) is 41.0 Å². The quantitative estimate of drug-likeness (QED) is 0.833. The summed E-state index contributed by atoms with van der Waals surface area (Å²) in [5.74, 6) is 1.58. The first-order chi connectivity index (χ1) is 12.1.